The number of carbonyl (C=O) groups excluding carboxylic acids is 1. The molecular weight excluding hydrogens is 278 g/mol. The minimum absolute atomic E-state index is 0.0684. The zero-order valence-corrected chi connectivity index (χ0v) is 14.0. The van der Waals surface area contributed by atoms with E-state index in [1.54, 1.807) is 0 Å². The van der Waals surface area contributed by atoms with Gasteiger partial charge in [0.1, 0.15) is 11.5 Å². The Morgan fingerprint density at radius 2 is 2.05 bits per heavy atom. The molecule has 124 valence electrons. The molecule has 3 N–H and O–H groups in total. The van der Waals surface area contributed by atoms with Crippen molar-refractivity contribution in [1.29, 1.82) is 0 Å². The molecule has 2 atom stereocenters. The molecule has 0 bridgehead atoms. The van der Waals surface area contributed by atoms with Crippen molar-refractivity contribution in [3.05, 3.63) is 23.7 Å². The van der Waals surface area contributed by atoms with Crippen molar-refractivity contribution in [3.63, 3.8) is 0 Å². The predicted octanol–water partition coefficient (Wildman–Crippen LogP) is 2.21. The van der Waals surface area contributed by atoms with Gasteiger partial charge >= 0.3 is 0 Å². The number of furan rings is 1. The minimum Gasteiger partial charge on any atom is -0.465 e. The molecule has 1 unspecified atom stereocenters. The predicted molar refractivity (Wildman–Crippen MR) is 87.4 cm³/mol. The van der Waals surface area contributed by atoms with E-state index in [2.05, 4.69) is 24.1 Å². The molecule has 2 heterocycles. The number of nitrogens with zero attached hydrogens (tertiary/aromatic N) is 1. The molecule has 5 nitrogen and oxygen atoms in total. The minimum atomic E-state index is -0.433. The number of rotatable bonds is 7. The summed E-state index contributed by atoms with van der Waals surface area (Å²) in [6.45, 7) is 8.76. The number of amides is 1. The van der Waals surface area contributed by atoms with Crippen LogP contribution >= 0.6 is 0 Å². The summed E-state index contributed by atoms with van der Waals surface area (Å²) >= 11 is 0. The number of nitrogens with two attached hydrogens (primary N) is 1. The van der Waals surface area contributed by atoms with Gasteiger partial charge in [-0.25, -0.2) is 0 Å². The Labute approximate surface area is 133 Å². The van der Waals surface area contributed by atoms with Crippen molar-refractivity contribution in [2.75, 3.05) is 19.6 Å². The van der Waals surface area contributed by atoms with Crippen LogP contribution in [0, 0.1) is 12.8 Å². The van der Waals surface area contributed by atoms with Gasteiger partial charge in [0.25, 0.3) is 0 Å². The van der Waals surface area contributed by atoms with E-state index in [0.29, 0.717) is 18.9 Å². The number of likely N-dealkylation sites (tertiary alicyclic amines) is 1. The number of aryl methyl sites for hydroxylation is 1. The van der Waals surface area contributed by atoms with Crippen LogP contribution in [-0.2, 0) is 4.79 Å². The van der Waals surface area contributed by atoms with Crippen LogP contribution in [0.3, 0.4) is 0 Å². The van der Waals surface area contributed by atoms with Gasteiger partial charge in [0, 0.05) is 6.54 Å². The van der Waals surface area contributed by atoms with Crippen molar-refractivity contribution in [2.24, 2.45) is 11.7 Å². The van der Waals surface area contributed by atoms with E-state index in [1.165, 1.54) is 12.8 Å². The third-order valence-electron chi connectivity index (χ3n) is 4.20. The van der Waals surface area contributed by atoms with E-state index in [-0.39, 0.29) is 11.9 Å². The molecular formula is C17H29N3O2. The van der Waals surface area contributed by atoms with Crippen LogP contribution < -0.4 is 11.1 Å². The lowest BCUT2D eigenvalue weighted by atomic mass is 10.0. The fraction of sp³-hybridized carbons (Fsp3) is 0.706. The van der Waals surface area contributed by atoms with Crippen LogP contribution in [-0.4, -0.2) is 36.5 Å². The van der Waals surface area contributed by atoms with Gasteiger partial charge in [-0.2, -0.15) is 0 Å². The molecule has 1 saturated heterocycles. The topological polar surface area (TPSA) is 71.5 Å². The van der Waals surface area contributed by atoms with E-state index >= 15 is 0 Å². The molecule has 1 fully saturated rings. The fourth-order valence-corrected chi connectivity index (χ4v) is 3.04. The Balaban J connectivity index is 1.96. The van der Waals surface area contributed by atoms with Gasteiger partial charge in [-0.1, -0.05) is 13.8 Å². The second-order valence-corrected chi connectivity index (χ2v) is 6.69. The summed E-state index contributed by atoms with van der Waals surface area (Å²) in [5.41, 5.74) is 5.95. The van der Waals surface area contributed by atoms with Crippen LogP contribution in [0.25, 0.3) is 0 Å². The molecule has 0 aromatic carbocycles. The third-order valence-corrected chi connectivity index (χ3v) is 4.20. The standard InChI is InChI=1S/C17H29N3O2/c1-12(2)10-14(18)17(21)19-11-15(20-8-4-5-9-20)16-7-6-13(3)22-16/h6-7,12,14-15H,4-5,8-11,18H2,1-3H3,(H,19,21)/t14-,15?/m0/s1. The Morgan fingerprint density at radius 3 is 2.59 bits per heavy atom. The molecule has 2 rings (SSSR count). The zero-order valence-electron chi connectivity index (χ0n) is 14.0. The monoisotopic (exact) mass is 307 g/mol. The number of hydrogen-bond donors (Lipinski definition) is 2. The first kappa shape index (κ1) is 17.0. The Bertz CT molecular complexity index is 478. The molecule has 1 aromatic rings. The molecule has 0 radical (unpaired) electrons. The van der Waals surface area contributed by atoms with Crippen molar-refractivity contribution >= 4 is 5.91 Å². The lowest BCUT2D eigenvalue weighted by Gasteiger charge is -2.26. The van der Waals surface area contributed by atoms with Crippen LogP contribution in [0.1, 0.15) is 50.7 Å². The summed E-state index contributed by atoms with van der Waals surface area (Å²) in [6.07, 6.45) is 3.12. The summed E-state index contributed by atoms with van der Waals surface area (Å²) in [5.74, 6) is 2.18. The van der Waals surface area contributed by atoms with Gasteiger partial charge < -0.3 is 15.5 Å². The number of hydrogen-bond acceptors (Lipinski definition) is 4. The molecule has 0 saturated carbocycles. The average Bonchev–Trinajstić information content (AvgIpc) is 3.10. The lowest BCUT2D eigenvalue weighted by molar-refractivity contribution is -0.123. The molecule has 1 aliphatic heterocycles. The highest BCUT2D eigenvalue weighted by atomic mass is 16.3. The molecule has 0 spiro atoms. The first-order valence-electron chi connectivity index (χ1n) is 8.31. The quantitative estimate of drug-likeness (QED) is 0.810. The molecule has 1 aromatic heterocycles. The summed E-state index contributed by atoms with van der Waals surface area (Å²) < 4.78 is 5.79. The molecule has 0 aliphatic carbocycles. The third kappa shape index (κ3) is 4.58. The van der Waals surface area contributed by atoms with Gasteiger partial charge in [-0.05, 0) is 57.3 Å². The zero-order chi connectivity index (χ0) is 16.1. The summed E-state index contributed by atoms with van der Waals surface area (Å²) in [6, 6.07) is 3.66. The Hall–Kier alpha value is -1.33. The van der Waals surface area contributed by atoms with E-state index in [9.17, 15) is 4.79 Å². The van der Waals surface area contributed by atoms with Gasteiger partial charge in [0.15, 0.2) is 0 Å². The second kappa shape index (κ2) is 7.79. The highest BCUT2D eigenvalue weighted by Gasteiger charge is 2.27. The number of nitrogens with one attached hydrogen (secondary N) is 1. The first-order valence-corrected chi connectivity index (χ1v) is 8.31. The van der Waals surface area contributed by atoms with Crippen LogP contribution in [0.2, 0.25) is 0 Å². The van der Waals surface area contributed by atoms with Crippen molar-refractivity contribution in [2.45, 2.75) is 52.1 Å². The SMILES string of the molecule is Cc1ccc(C(CNC(=O)[C@@H](N)CC(C)C)N2CCCC2)o1. The highest BCUT2D eigenvalue weighted by Crippen LogP contribution is 2.26. The van der Waals surface area contributed by atoms with Gasteiger partial charge in [-0.15, -0.1) is 0 Å². The van der Waals surface area contributed by atoms with E-state index in [1.807, 2.05) is 19.1 Å². The van der Waals surface area contributed by atoms with Crippen LogP contribution in [0.15, 0.2) is 16.5 Å². The van der Waals surface area contributed by atoms with Gasteiger partial charge in [-0.3, -0.25) is 9.69 Å². The molecule has 1 aliphatic rings. The maximum Gasteiger partial charge on any atom is 0.236 e. The largest absolute Gasteiger partial charge is 0.465 e. The smallest absolute Gasteiger partial charge is 0.236 e. The summed E-state index contributed by atoms with van der Waals surface area (Å²) in [5, 5.41) is 3.01. The maximum absolute atomic E-state index is 12.1. The summed E-state index contributed by atoms with van der Waals surface area (Å²) in [4.78, 5) is 14.5. The summed E-state index contributed by atoms with van der Waals surface area (Å²) in [7, 11) is 0. The van der Waals surface area contributed by atoms with Crippen LogP contribution in [0.5, 0.6) is 0 Å². The van der Waals surface area contributed by atoms with E-state index < -0.39 is 6.04 Å². The first-order chi connectivity index (χ1) is 10.5. The molecule has 22 heavy (non-hydrogen) atoms. The van der Waals surface area contributed by atoms with Crippen molar-refractivity contribution in [1.82, 2.24) is 10.2 Å². The Kier molecular flexibility index (Phi) is 6.03. The van der Waals surface area contributed by atoms with Crippen molar-refractivity contribution in [3.8, 4) is 0 Å². The average molecular weight is 307 g/mol. The fourth-order valence-electron chi connectivity index (χ4n) is 3.04. The van der Waals surface area contributed by atoms with Crippen molar-refractivity contribution < 1.29 is 9.21 Å². The lowest BCUT2D eigenvalue weighted by Crippen LogP contribution is -2.44. The number of carbonyl (C=O) groups is 1. The van der Waals surface area contributed by atoms with Gasteiger partial charge in [0.05, 0.1) is 12.1 Å². The second-order valence-electron chi connectivity index (χ2n) is 6.69. The molecule has 1 amide bonds. The van der Waals surface area contributed by atoms with Crippen LogP contribution in [0.4, 0.5) is 0 Å². The highest BCUT2D eigenvalue weighted by molar-refractivity contribution is 5.81. The van der Waals surface area contributed by atoms with E-state index in [4.69, 9.17) is 10.2 Å². The maximum atomic E-state index is 12.1. The molecule has 5 heteroatoms. The normalized spacial score (nSPS) is 18.6. The Morgan fingerprint density at radius 1 is 1.36 bits per heavy atom. The van der Waals surface area contributed by atoms with Gasteiger partial charge in [0.2, 0.25) is 5.91 Å². The van der Waals surface area contributed by atoms with E-state index in [0.717, 1.165) is 24.6 Å².